The van der Waals surface area contributed by atoms with Crippen molar-refractivity contribution in [3.63, 3.8) is 0 Å². The summed E-state index contributed by atoms with van der Waals surface area (Å²) in [5, 5.41) is 10.6. The molecule has 0 bridgehead atoms. The van der Waals surface area contributed by atoms with E-state index in [-0.39, 0.29) is 0 Å². The monoisotopic (exact) mass is 516 g/mol. The van der Waals surface area contributed by atoms with E-state index in [1.165, 1.54) is 17.7 Å². The Bertz CT molecular complexity index is 1430. The molecule has 4 aromatic rings. The largest absolute Gasteiger partial charge is 0.385 e. The van der Waals surface area contributed by atoms with Gasteiger partial charge in [-0.05, 0) is 62.5 Å². The predicted molar refractivity (Wildman–Crippen MR) is 147 cm³/mol. The first-order chi connectivity index (χ1) is 18.2. The number of benzene rings is 1. The lowest BCUT2D eigenvalue weighted by Crippen LogP contribution is -2.36. The van der Waals surface area contributed by atoms with E-state index in [9.17, 15) is 5.26 Å². The van der Waals surface area contributed by atoms with E-state index in [1.807, 2.05) is 35.7 Å². The molecule has 8 nitrogen and oxygen atoms in total. The number of morpholine rings is 1. The van der Waals surface area contributed by atoms with Crippen LogP contribution in [-0.2, 0) is 16.0 Å². The highest BCUT2D eigenvalue weighted by atomic mass is 32.1. The van der Waals surface area contributed by atoms with E-state index < -0.39 is 0 Å². The standard InChI is InChI=1S/C28H32N6O2S/c1-35-11-5-19-3-7-33(8-4-19)18-21-16-25-26(37-21)28(34-9-12-36-13-10-34)32-27(31-25)23-14-20(17-29)15-24-22(23)2-6-30-24/h2,6,14-16,19,30H,3-5,7-13,18H2,1H3. The molecule has 3 aromatic heterocycles. The van der Waals surface area contributed by atoms with E-state index >= 15 is 0 Å². The SMILES string of the molecule is COCCC1CCN(Cc2cc3nc(-c4cc(C#N)cc5[nH]ccc45)nc(N4CCOCC4)c3s2)CC1. The summed E-state index contributed by atoms with van der Waals surface area (Å²) in [7, 11) is 1.79. The van der Waals surface area contributed by atoms with Crippen LogP contribution in [0, 0.1) is 17.2 Å². The van der Waals surface area contributed by atoms with E-state index in [0.717, 1.165) is 84.2 Å². The van der Waals surface area contributed by atoms with Gasteiger partial charge in [-0.1, -0.05) is 0 Å². The van der Waals surface area contributed by atoms with Gasteiger partial charge < -0.3 is 19.4 Å². The molecule has 0 saturated carbocycles. The number of nitriles is 1. The van der Waals surface area contributed by atoms with Crippen molar-refractivity contribution in [2.75, 3.05) is 58.0 Å². The molecule has 0 aliphatic carbocycles. The fourth-order valence-corrected chi connectivity index (χ4v) is 6.66. The molecule has 37 heavy (non-hydrogen) atoms. The fourth-order valence-electron chi connectivity index (χ4n) is 5.51. The minimum absolute atomic E-state index is 0.599. The van der Waals surface area contributed by atoms with Gasteiger partial charge in [0.15, 0.2) is 11.6 Å². The number of fused-ring (bicyclic) bond motifs is 2. The van der Waals surface area contributed by atoms with Crippen LogP contribution in [0.3, 0.4) is 0 Å². The van der Waals surface area contributed by atoms with E-state index in [4.69, 9.17) is 19.4 Å². The topological polar surface area (TPSA) is 90.3 Å². The maximum atomic E-state index is 9.62. The number of anilines is 1. The molecule has 0 unspecified atom stereocenters. The summed E-state index contributed by atoms with van der Waals surface area (Å²) in [5.41, 5.74) is 3.39. The molecule has 2 aliphatic rings. The van der Waals surface area contributed by atoms with Gasteiger partial charge in [0.2, 0.25) is 0 Å². The van der Waals surface area contributed by atoms with Gasteiger partial charge in [0.25, 0.3) is 0 Å². The summed E-state index contributed by atoms with van der Waals surface area (Å²) in [6.07, 6.45) is 5.53. The lowest BCUT2D eigenvalue weighted by Gasteiger charge is -2.31. The van der Waals surface area contributed by atoms with Gasteiger partial charge in [0, 0.05) is 60.9 Å². The molecule has 192 valence electrons. The zero-order valence-electron chi connectivity index (χ0n) is 21.2. The Hall–Kier alpha value is -3.03. The second-order valence-electron chi connectivity index (χ2n) is 9.97. The third kappa shape index (κ3) is 5.07. The number of nitrogens with one attached hydrogen (secondary N) is 1. The number of aromatic amines is 1. The lowest BCUT2D eigenvalue weighted by atomic mass is 9.94. The Morgan fingerprint density at radius 3 is 2.78 bits per heavy atom. The Labute approximate surface area is 220 Å². The van der Waals surface area contributed by atoms with Crippen molar-refractivity contribution in [1.29, 1.82) is 5.26 Å². The first-order valence-corrected chi connectivity index (χ1v) is 13.9. The Morgan fingerprint density at radius 2 is 2.00 bits per heavy atom. The van der Waals surface area contributed by atoms with Crippen LogP contribution in [0.5, 0.6) is 0 Å². The molecule has 1 aromatic carbocycles. The molecule has 0 atom stereocenters. The molecular weight excluding hydrogens is 484 g/mol. The Kier molecular flexibility index (Phi) is 7.07. The third-order valence-corrected chi connectivity index (χ3v) is 8.68. The van der Waals surface area contributed by atoms with Gasteiger partial charge >= 0.3 is 0 Å². The molecule has 9 heteroatoms. The highest BCUT2D eigenvalue weighted by molar-refractivity contribution is 7.19. The number of hydrogen-bond acceptors (Lipinski definition) is 8. The molecule has 1 N–H and O–H groups in total. The number of ether oxygens (including phenoxy) is 2. The van der Waals surface area contributed by atoms with E-state index in [2.05, 4.69) is 26.9 Å². The minimum Gasteiger partial charge on any atom is -0.385 e. The second-order valence-corrected chi connectivity index (χ2v) is 11.1. The number of H-pyrrole nitrogens is 1. The predicted octanol–water partition coefficient (Wildman–Crippen LogP) is 4.80. The van der Waals surface area contributed by atoms with Crippen LogP contribution in [0.25, 0.3) is 32.5 Å². The van der Waals surface area contributed by atoms with Crippen LogP contribution in [0.4, 0.5) is 5.82 Å². The average Bonchev–Trinajstić information content (AvgIpc) is 3.58. The van der Waals surface area contributed by atoms with Crippen LogP contribution in [0.1, 0.15) is 29.7 Å². The number of aromatic nitrogens is 3. The zero-order valence-corrected chi connectivity index (χ0v) is 22.0. The van der Waals surface area contributed by atoms with E-state index in [0.29, 0.717) is 24.6 Å². The van der Waals surface area contributed by atoms with Crippen LogP contribution in [0.2, 0.25) is 0 Å². The van der Waals surface area contributed by atoms with Crippen LogP contribution < -0.4 is 4.90 Å². The van der Waals surface area contributed by atoms with Crippen molar-refractivity contribution in [1.82, 2.24) is 19.9 Å². The first-order valence-electron chi connectivity index (χ1n) is 13.1. The van der Waals surface area contributed by atoms with Gasteiger partial charge in [0.1, 0.15) is 0 Å². The summed E-state index contributed by atoms with van der Waals surface area (Å²) < 4.78 is 12.0. The van der Waals surface area contributed by atoms with Crippen LogP contribution >= 0.6 is 11.3 Å². The molecule has 2 aliphatic heterocycles. The molecule has 5 heterocycles. The lowest BCUT2D eigenvalue weighted by molar-refractivity contribution is 0.122. The summed E-state index contributed by atoms with van der Waals surface area (Å²) in [6.45, 7) is 7.08. The molecule has 6 rings (SSSR count). The van der Waals surface area contributed by atoms with Crippen molar-refractivity contribution in [2.45, 2.75) is 25.8 Å². The Balaban J connectivity index is 1.35. The van der Waals surface area contributed by atoms with Gasteiger partial charge in [-0.25, -0.2) is 9.97 Å². The summed E-state index contributed by atoms with van der Waals surface area (Å²) in [4.78, 5) is 19.6. The number of hydrogen-bond donors (Lipinski definition) is 1. The number of methoxy groups -OCH3 is 1. The number of piperidine rings is 1. The first kappa shape index (κ1) is 24.3. The molecule has 0 radical (unpaired) electrons. The smallest absolute Gasteiger partial charge is 0.162 e. The van der Waals surface area contributed by atoms with Gasteiger partial charge in [-0.2, -0.15) is 5.26 Å². The van der Waals surface area contributed by atoms with Crippen LogP contribution in [0.15, 0.2) is 30.5 Å². The summed E-state index contributed by atoms with van der Waals surface area (Å²) >= 11 is 1.82. The average molecular weight is 517 g/mol. The number of thiophene rings is 1. The molecular formula is C28H32N6O2S. The fraction of sp³-hybridized carbons (Fsp3) is 0.464. The number of rotatable bonds is 7. The molecule has 0 amide bonds. The zero-order chi connectivity index (χ0) is 25.2. The highest BCUT2D eigenvalue weighted by Crippen LogP contribution is 2.37. The minimum atomic E-state index is 0.599. The third-order valence-electron chi connectivity index (χ3n) is 7.57. The van der Waals surface area contributed by atoms with Crippen molar-refractivity contribution in [3.05, 3.63) is 40.9 Å². The normalized spacial score (nSPS) is 17.6. The van der Waals surface area contributed by atoms with Crippen molar-refractivity contribution in [2.24, 2.45) is 5.92 Å². The van der Waals surface area contributed by atoms with Gasteiger partial charge in [-0.15, -0.1) is 11.3 Å². The maximum absolute atomic E-state index is 9.62. The van der Waals surface area contributed by atoms with Crippen LogP contribution in [-0.4, -0.2) is 73.0 Å². The maximum Gasteiger partial charge on any atom is 0.162 e. The highest BCUT2D eigenvalue weighted by Gasteiger charge is 2.23. The van der Waals surface area contributed by atoms with Crippen molar-refractivity contribution in [3.8, 4) is 17.5 Å². The summed E-state index contributed by atoms with van der Waals surface area (Å²) in [6, 6.07) is 10.3. The summed E-state index contributed by atoms with van der Waals surface area (Å²) in [5.74, 6) is 2.41. The van der Waals surface area contributed by atoms with E-state index in [1.54, 1.807) is 7.11 Å². The second kappa shape index (κ2) is 10.8. The van der Waals surface area contributed by atoms with Crippen molar-refractivity contribution >= 4 is 38.3 Å². The van der Waals surface area contributed by atoms with Gasteiger partial charge in [0.05, 0.1) is 35.1 Å². The quantitative estimate of drug-likeness (QED) is 0.377. The molecule has 2 saturated heterocycles. The van der Waals surface area contributed by atoms with Gasteiger partial charge in [-0.3, -0.25) is 4.90 Å². The number of nitrogens with zero attached hydrogens (tertiary/aromatic N) is 5. The Morgan fingerprint density at radius 1 is 1.16 bits per heavy atom. The molecule has 2 fully saturated rings. The molecule has 0 spiro atoms. The van der Waals surface area contributed by atoms with Crippen molar-refractivity contribution < 1.29 is 9.47 Å². The number of likely N-dealkylation sites (tertiary alicyclic amines) is 1.